The Labute approximate surface area is 196 Å². The van der Waals surface area contributed by atoms with Gasteiger partial charge < -0.3 is 14.4 Å². The van der Waals surface area contributed by atoms with Gasteiger partial charge in [-0.05, 0) is 29.7 Å². The highest BCUT2D eigenvalue weighted by atomic mass is 16.5. The topological polar surface area (TPSA) is 88.2 Å². The van der Waals surface area contributed by atoms with Crippen LogP contribution in [0.5, 0.6) is 5.75 Å². The SMILES string of the molecule is [2H]c1cc(C([2H])N2CCOCC2)cc([2H])c1COc1cccc2c1CN(C1CCC(=O)NC1=O)C2=O. The molecule has 2 saturated heterocycles. The van der Waals surface area contributed by atoms with Crippen LogP contribution < -0.4 is 10.1 Å². The quantitative estimate of drug-likeness (QED) is 0.674. The Morgan fingerprint density at radius 1 is 1.12 bits per heavy atom. The maximum atomic E-state index is 13.0. The van der Waals surface area contributed by atoms with Gasteiger partial charge in [-0.1, -0.05) is 30.3 Å². The van der Waals surface area contributed by atoms with Crippen molar-refractivity contribution in [1.29, 1.82) is 0 Å². The Bertz CT molecular complexity index is 1190. The lowest BCUT2D eigenvalue weighted by molar-refractivity contribution is -0.136. The number of benzene rings is 2. The fourth-order valence-corrected chi connectivity index (χ4v) is 4.34. The van der Waals surface area contributed by atoms with Crippen molar-refractivity contribution in [3.63, 3.8) is 0 Å². The first-order chi connectivity index (χ1) is 17.3. The van der Waals surface area contributed by atoms with Gasteiger partial charge in [-0.15, -0.1) is 0 Å². The van der Waals surface area contributed by atoms with Gasteiger partial charge in [0.05, 0.1) is 22.5 Å². The van der Waals surface area contributed by atoms with E-state index in [1.807, 2.05) is 4.90 Å². The second-order valence-electron chi connectivity index (χ2n) is 8.30. The first-order valence-corrected chi connectivity index (χ1v) is 11.1. The molecule has 1 N–H and O–H groups in total. The van der Waals surface area contributed by atoms with E-state index in [-0.39, 0.29) is 49.9 Å². The number of imide groups is 1. The highest BCUT2D eigenvalue weighted by molar-refractivity contribution is 6.05. The molecule has 2 aromatic carbocycles. The Hall–Kier alpha value is -3.23. The van der Waals surface area contributed by atoms with Crippen molar-refractivity contribution < 1.29 is 28.0 Å². The van der Waals surface area contributed by atoms with Gasteiger partial charge in [0, 0.05) is 38.5 Å². The van der Waals surface area contributed by atoms with Gasteiger partial charge >= 0.3 is 0 Å². The number of carbonyl (C=O) groups excluding carboxylic acids is 3. The van der Waals surface area contributed by atoms with E-state index in [0.29, 0.717) is 54.3 Å². The minimum Gasteiger partial charge on any atom is -0.489 e. The third kappa shape index (κ3) is 4.62. The molecule has 172 valence electrons. The highest BCUT2D eigenvalue weighted by Gasteiger charge is 2.40. The molecular formula is C25H27N3O5. The van der Waals surface area contributed by atoms with E-state index in [1.165, 1.54) is 4.90 Å². The summed E-state index contributed by atoms with van der Waals surface area (Å²) >= 11 is 0. The standard InChI is InChI=1S/C25H27N3O5/c29-23-9-8-21(24(30)26-23)28-15-20-19(25(28)31)2-1-3-22(20)33-16-18-6-4-17(5-7-18)14-27-10-12-32-13-11-27/h1-7,21H,8-16H2,(H,26,29,30)/i6D,7D,14D. The lowest BCUT2D eigenvalue weighted by Gasteiger charge is -2.29. The summed E-state index contributed by atoms with van der Waals surface area (Å²) in [4.78, 5) is 40.2. The van der Waals surface area contributed by atoms with Crippen LogP contribution >= 0.6 is 0 Å². The fraction of sp³-hybridized carbons (Fsp3) is 0.400. The van der Waals surface area contributed by atoms with Crippen LogP contribution in [0, 0.1) is 0 Å². The number of rotatable bonds is 6. The molecule has 8 nitrogen and oxygen atoms in total. The molecule has 0 aliphatic carbocycles. The molecule has 0 radical (unpaired) electrons. The van der Waals surface area contributed by atoms with Crippen molar-refractivity contribution >= 4 is 17.7 Å². The average Bonchev–Trinajstić information content (AvgIpc) is 3.20. The number of hydrogen-bond acceptors (Lipinski definition) is 6. The third-order valence-corrected chi connectivity index (χ3v) is 6.11. The van der Waals surface area contributed by atoms with E-state index in [0.717, 1.165) is 0 Å². The molecule has 3 amide bonds. The zero-order valence-electron chi connectivity index (χ0n) is 21.1. The maximum Gasteiger partial charge on any atom is 0.255 e. The van der Waals surface area contributed by atoms with Crippen LogP contribution in [0.2, 0.25) is 0 Å². The van der Waals surface area contributed by atoms with Gasteiger partial charge in [0.1, 0.15) is 18.4 Å². The van der Waals surface area contributed by atoms with Crippen molar-refractivity contribution in [3.8, 4) is 5.75 Å². The van der Waals surface area contributed by atoms with E-state index in [9.17, 15) is 14.4 Å². The third-order valence-electron chi connectivity index (χ3n) is 6.11. The normalized spacial score (nSPS) is 23.4. The zero-order chi connectivity index (χ0) is 25.4. The zero-order valence-corrected chi connectivity index (χ0v) is 18.1. The van der Waals surface area contributed by atoms with Crippen LogP contribution in [0.15, 0.2) is 42.4 Å². The predicted octanol–water partition coefficient (Wildman–Crippen LogP) is 1.86. The van der Waals surface area contributed by atoms with Crippen LogP contribution in [-0.4, -0.2) is 59.9 Å². The number of nitrogens with zero attached hydrogens (tertiary/aromatic N) is 2. The van der Waals surface area contributed by atoms with Gasteiger partial charge in [-0.25, -0.2) is 0 Å². The van der Waals surface area contributed by atoms with Crippen molar-refractivity contribution in [2.75, 3.05) is 26.3 Å². The number of piperidine rings is 1. The summed E-state index contributed by atoms with van der Waals surface area (Å²) < 4.78 is 36.8. The molecule has 3 aliphatic rings. The first-order valence-electron chi connectivity index (χ1n) is 12.6. The molecule has 0 spiro atoms. The Morgan fingerprint density at radius 3 is 2.67 bits per heavy atom. The monoisotopic (exact) mass is 452 g/mol. The Balaban J connectivity index is 1.31. The summed E-state index contributed by atoms with van der Waals surface area (Å²) in [5, 5.41) is 2.29. The van der Waals surface area contributed by atoms with Crippen LogP contribution in [-0.2, 0) is 34.0 Å². The van der Waals surface area contributed by atoms with Crippen molar-refractivity contribution in [3.05, 3.63) is 64.7 Å². The summed E-state index contributed by atoms with van der Waals surface area (Å²) in [6.45, 7) is 1.86. The number of hydrogen-bond donors (Lipinski definition) is 1. The average molecular weight is 453 g/mol. The lowest BCUT2D eigenvalue weighted by atomic mass is 10.0. The summed E-state index contributed by atoms with van der Waals surface area (Å²) in [7, 11) is 0. The van der Waals surface area contributed by atoms with Crippen LogP contribution in [0.4, 0.5) is 0 Å². The van der Waals surface area contributed by atoms with E-state index in [2.05, 4.69) is 5.32 Å². The molecule has 5 rings (SSSR count). The molecule has 2 atom stereocenters. The molecule has 3 heterocycles. The van der Waals surface area contributed by atoms with E-state index >= 15 is 0 Å². The van der Waals surface area contributed by atoms with E-state index in [1.54, 1.807) is 30.3 Å². The van der Waals surface area contributed by atoms with Crippen molar-refractivity contribution in [1.82, 2.24) is 15.1 Å². The minimum absolute atomic E-state index is 0.0404. The summed E-state index contributed by atoms with van der Waals surface area (Å²) in [6.07, 6.45) is 0.456. The van der Waals surface area contributed by atoms with Crippen LogP contribution in [0.25, 0.3) is 0 Å². The molecule has 0 saturated carbocycles. The predicted molar refractivity (Wildman–Crippen MR) is 119 cm³/mol. The van der Waals surface area contributed by atoms with Crippen LogP contribution in [0.3, 0.4) is 0 Å². The van der Waals surface area contributed by atoms with Crippen LogP contribution in [0.1, 0.15) is 44.0 Å². The number of morpholine rings is 1. The largest absolute Gasteiger partial charge is 0.489 e. The van der Waals surface area contributed by atoms with Crippen molar-refractivity contribution in [2.24, 2.45) is 0 Å². The first kappa shape index (κ1) is 18.2. The molecule has 3 aliphatic heterocycles. The Kier molecular flexibility index (Phi) is 5.15. The minimum atomic E-state index is -0.716. The number of fused-ring (bicyclic) bond motifs is 1. The second kappa shape index (κ2) is 9.33. The fourth-order valence-electron chi connectivity index (χ4n) is 4.34. The molecule has 0 bridgehead atoms. The molecule has 2 aromatic rings. The second-order valence-corrected chi connectivity index (χ2v) is 8.30. The van der Waals surface area contributed by atoms with Gasteiger partial charge in [0.15, 0.2) is 0 Å². The van der Waals surface area contributed by atoms with Crippen molar-refractivity contribution in [2.45, 2.75) is 38.6 Å². The van der Waals surface area contributed by atoms with Gasteiger partial charge in [0.25, 0.3) is 5.91 Å². The molecular weight excluding hydrogens is 422 g/mol. The summed E-state index contributed by atoms with van der Waals surface area (Å²) in [5.41, 5.74) is 2.05. The number of ether oxygens (including phenoxy) is 2. The lowest BCUT2D eigenvalue weighted by Crippen LogP contribution is -2.52. The van der Waals surface area contributed by atoms with Gasteiger partial charge in [-0.2, -0.15) is 0 Å². The Morgan fingerprint density at radius 2 is 1.91 bits per heavy atom. The van der Waals surface area contributed by atoms with E-state index < -0.39 is 18.5 Å². The smallest absolute Gasteiger partial charge is 0.255 e. The number of amides is 3. The van der Waals surface area contributed by atoms with Gasteiger partial charge in [0.2, 0.25) is 11.8 Å². The molecule has 8 heteroatoms. The molecule has 0 aromatic heterocycles. The molecule has 2 unspecified atom stereocenters. The molecule has 33 heavy (non-hydrogen) atoms. The molecule has 2 fully saturated rings. The summed E-state index contributed by atoms with van der Waals surface area (Å²) in [6, 6.07) is 7.83. The number of nitrogens with one attached hydrogen (secondary N) is 1. The highest BCUT2D eigenvalue weighted by Crippen LogP contribution is 2.34. The van der Waals surface area contributed by atoms with E-state index in [4.69, 9.17) is 13.6 Å². The van der Waals surface area contributed by atoms with Gasteiger partial charge in [-0.3, -0.25) is 24.6 Å². The maximum absolute atomic E-state index is 13.0. The summed E-state index contributed by atoms with van der Waals surface area (Å²) in [5.74, 6) is -0.654. The number of carbonyl (C=O) groups is 3.